The quantitative estimate of drug-likeness (QED) is 0.848. The van der Waals surface area contributed by atoms with Crippen molar-refractivity contribution in [3.05, 3.63) is 47.9 Å². The number of aromatic nitrogens is 3. The summed E-state index contributed by atoms with van der Waals surface area (Å²) in [4.78, 5) is 2.04. The Morgan fingerprint density at radius 1 is 1.11 bits per heavy atom. The number of benzene rings is 1. The molecule has 4 N–H and O–H groups in total. The first kappa shape index (κ1) is 11.7. The molecular formula is C13H16N6. The molecule has 1 aliphatic heterocycles. The van der Waals surface area contributed by atoms with E-state index in [-0.39, 0.29) is 6.17 Å². The first-order valence-electron chi connectivity index (χ1n) is 6.19. The highest BCUT2D eigenvalue weighted by atomic mass is 15.4. The van der Waals surface area contributed by atoms with Crippen molar-refractivity contribution < 1.29 is 0 Å². The molecule has 1 unspecified atom stereocenters. The molecule has 1 aromatic heterocycles. The molecule has 0 radical (unpaired) electrons. The lowest BCUT2D eigenvalue weighted by Gasteiger charge is -2.29. The number of nitrogens with two attached hydrogens (primary N) is 2. The molecule has 1 aliphatic rings. The Balaban J connectivity index is 1.71. The van der Waals surface area contributed by atoms with Crippen LogP contribution in [-0.2, 0) is 6.42 Å². The topological polar surface area (TPSA) is 86.0 Å². The lowest BCUT2D eigenvalue weighted by atomic mass is 10.1. The second-order valence-electron chi connectivity index (χ2n) is 4.50. The van der Waals surface area contributed by atoms with Crippen LogP contribution in [0.4, 0.5) is 5.95 Å². The van der Waals surface area contributed by atoms with Crippen LogP contribution in [0.15, 0.2) is 36.5 Å². The Bertz CT molecular complexity index is 588. The van der Waals surface area contributed by atoms with E-state index in [2.05, 4.69) is 22.3 Å². The molecule has 6 heteroatoms. The van der Waals surface area contributed by atoms with Crippen LogP contribution in [0, 0.1) is 0 Å². The van der Waals surface area contributed by atoms with Crippen molar-refractivity contribution in [1.82, 2.24) is 19.7 Å². The van der Waals surface area contributed by atoms with Gasteiger partial charge < -0.3 is 16.4 Å². The first-order chi connectivity index (χ1) is 9.25. The van der Waals surface area contributed by atoms with Gasteiger partial charge in [-0.25, -0.2) is 0 Å². The fraction of sp³-hybridized carbons (Fsp3) is 0.231. The number of nitrogen functional groups attached to an aromatic ring is 1. The van der Waals surface area contributed by atoms with Crippen LogP contribution in [0.5, 0.6) is 0 Å². The van der Waals surface area contributed by atoms with Gasteiger partial charge in [0.25, 0.3) is 0 Å². The molecule has 19 heavy (non-hydrogen) atoms. The van der Waals surface area contributed by atoms with Crippen LogP contribution < -0.4 is 11.5 Å². The predicted molar refractivity (Wildman–Crippen MR) is 73.5 cm³/mol. The lowest BCUT2D eigenvalue weighted by Crippen LogP contribution is -2.36. The maximum atomic E-state index is 6.16. The molecule has 0 saturated heterocycles. The van der Waals surface area contributed by atoms with Gasteiger partial charge in [0.1, 0.15) is 6.17 Å². The van der Waals surface area contributed by atoms with Gasteiger partial charge >= 0.3 is 0 Å². The molecule has 0 amide bonds. The van der Waals surface area contributed by atoms with E-state index in [0.29, 0.717) is 11.8 Å². The van der Waals surface area contributed by atoms with Crippen LogP contribution in [-0.4, -0.2) is 26.2 Å². The fourth-order valence-corrected chi connectivity index (χ4v) is 2.18. The van der Waals surface area contributed by atoms with E-state index in [1.54, 1.807) is 4.57 Å². The van der Waals surface area contributed by atoms with Gasteiger partial charge in [-0.15, -0.1) is 10.2 Å². The van der Waals surface area contributed by atoms with E-state index in [0.717, 1.165) is 13.0 Å². The van der Waals surface area contributed by atoms with Gasteiger partial charge in [0.15, 0.2) is 5.82 Å². The Morgan fingerprint density at radius 3 is 2.68 bits per heavy atom. The van der Waals surface area contributed by atoms with E-state index < -0.39 is 0 Å². The minimum absolute atomic E-state index is 0.307. The number of hydrogen-bond donors (Lipinski definition) is 2. The summed E-state index contributed by atoms with van der Waals surface area (Å²) in [6, 6.07) is 10.3. The van der Waals surface area contributed by atoms with E-state index in [4.69, 9.17) is 11.5 Å². The van der Waals surface area contributed by atoms with E-state index in [9.17, 15) is 0 Å². The average Bonchev–Trinajstić information content (AvgIpc) is 2.82. The first-order valence-corrected chi connectivity index (χ1v) is 6.19. The Kier molecular flexibility index (Phi) is 2.92. The third kappa shape index (κ3) is 2.17. The van der Waals surface area contributed by atoms with Crippen LogP contribution in [0.3, 0.4) is 0 Å². The standard InChI is InChI=1S/C13H16N6/c14-11-12-16-17-13(15)19(12)9-8-18(11)7-6-10-4-2-1-3-5-10/h1-5,8-9,11H,6-7,14H2,(H2,15,17). The normalized spacial score (nSPS) is 17.5. The van der Waals surface area contributed by atoms with E-state index in [1.807, 2.05) is 35.5 Å². The molecule has 0 fully saturated rings. The highest BCUT2D eigenvalue weighted by Gasteiger charge is 2.23. The van der Waals surface area contributed by atoms with Crippen LogP contribution in [0.1, 0.15) is 17.6 Å². The van der Waals surface area contributed by atoms with Gasteiger partial charge in [0.2, 0.25) is 5.95 Å². The summed E-state index contributed by atoms with van der Waals surface area (Å²) < 4.78 is 1.71. The van der Waals surface area contributed by atoms with Gasteiger partial charge in [-0.2, -0.15) is 0 Å². The number of hydrogen-bond acceptors (Lipinski definition) is 5. The maximum absolute atomic E-state index is 6.16. The predicted octanol–water partition coefficient (Wildman–Crippen LogP) is 0.804. The summed E-state index contributed by atoms with van der Waals surface area (Å²) in [5.41, 5.74) is 13.1. The summed E-state index contributed by atoms with van der Waals surface area (Å²) in [5, 5.41) is 7.85. The van der Waals surface area contributed by atoms with Crippen LogP contribution in [0.25, 0.3) is 6.20 Å². The van der Waals surface area contributed by atoms with Crippen molar-refractivity contribution >= 4 is 12.1 Å². The van der Waals surface area contributed by atoms with Crippen molar-refractivity contribution in [2.24, 2.45) is 5.73 Å². The van der Waals surface area contributed by atoms with Crippen molar-refractivity contribution in [3.63, 3.8) is 0 Å². The molecule has 0 aliphatic carbocycles. The molecule has 1 aromatic carbocycles. The maximum Gasteiger partial charge on any atom is 0.226 e. The summed E-state index contributed by atoms with van der Waals surface area (Å²) in [5.74, 6) is 1.04. The lowest BCUT2D eigenvalue weighted by molar-refractivity contribution is 0.269. The Hall–Kier alpha value is -2.34. The smallest absolute Gasteiger partial charge is 0.226 e. The molecule has 6 nitrogen and oxygen atoms in total. The molecule has 0 bridgehead atoms. The summed E-state index contributed by atoms with van der Waals surface area (Å²) in [7, 11) is 0. The van der Waals surface area contributed by atoms with Gasteiger partial charge in [0, 0.05) is 18.9 Å². The highest BCUT2D eigenvalue weighted by Crippen LogP contribution is 2.21. The van der Waals surface area contributed by atoms with Crippen LogP contribution in [0.2, 0.25) is 0 Å². The van der Waals surface area contributed by atoms with Crippen molar-refractivity contribution in [1.29, 1.82) is 0 Å². The van der Waals surface area contributed by atoms with E-state index in [1.165, 1.54) is 5.56 Å². The average molecular weight is 256 g/mol. The number of rotatable bonds is 3. The molecule has 0 saturated carbocycles. The zero-order valence-corrected chi connectivity index (χ0v) is 10.5. The van der Waals surface area contributed by atoms with Crippen molar-refractivity contribution in [2.75, 3.05) is 12.3 Å². The van der Waals surface area contributed by atoms with Crippen molar-refractivity contribution in [2.45, 2.75) is 12.6 Å². The van der Waals surface area contributed by atoms with E-state index >= 15 is 0 Å². The van der Waals surface area contributed by atoms with Gasteiger partial charge in [-0.1, -0.05) is 30.3 Å². The summed E-state index contributed by atoms with van der Waals surface area (Å²) in [6.45, 7) is 0.828. The zero-order chi connectivity index (χ0) is 13.2. The molecule has 2 heterocycles. The second-order valence-corrected chi connectivity index (χ2v) is 4.50. The summed E-state index contributed by atoms with van der Waals surface area (Å²) >= 11 is 0. The molecule has 3 rings (SSSR count). The summed E-state index contributed by atoms with van der Waals surface area (Å²) in [6.07, 6.45) is 4.40. The minimum Gasteiger partial charge on any atom is -0.368 e. The molecule has 2 aromatic rings. The monoisotopic (exact) mass is 256 g/mol. The third-order valence-electron chi connectivity index (χ3n) is 3.28. The fourth-order valence-electron chi connectivity index (χ4n) is 2.18. The minimum atomic E-state index is -0.307. The largest absolute Gasteiger partial charge is 0.368 e. The van der Waals surface area contributed by atoms with Gasteiger partial charge in [-0.3, -0.25) is 4.57 Å². The molecular weight excluding hydrogens is 240 g/mol. The molecule has 1 atom stereocenters. The molecule has 98 valence electrons. The van der Waals surface area contributed by atoms with Crippen molar-refractivity contribution in [3.8, 4) is 0 Å². The number of anilines is 1. The third-order valence-corrected chi connectivity index (χ3v) is 3.28. The Labute approximate surface area is 111 Å². The Morgan fingerprint density at radius 2 is 1.89 bits per heavy atom. The van der Waals surface area contributed by atoms with Gasteiger partial charge in [0.05, 0.1) is 0 Å². The second kappa shape index (κ2) is 4.74. The number of fused-ring (bicyclic) bond motifs is 1. The molecule has 0 spiro atoms. The SMILES string of the molecule is Nc1nnc2n1C=CN(CCc1ccccc1)C2N. The highest BCUT2D eigenvalue weighted by molar-refractivity contribution is 5.38. The zero-order valence-electron chi connectivity index (χ0n) is 10.5. The van der Waals surface area contributed by atoms with Gasteiger partial charge in [-0.05, 0) is 12.0 Å². The van der Waals surface area contributed by atoms with Crippen LogP contribution >= 0.6 is 0 Å². The number of nitrogens with zero attached hydrogens (tertiary/aromatic N) is 4.